The van der Waals surface area contributed by atoms with E-state index >= 15 is 0 Å². The fourth-order valence-corrected chi connectivity index (χ4v) is 1.10. The summed E-state index contributed by atoms with van der Waals surface area (Å²) in [6.45, 7) is 11.0. The Labute approximate surface area is 127 Å². The smallest absolute Gasteiger partial charge is 0.265 e. The molecule has 0 aromatic carbocycles. The van der Waals surface area contributed by atoms with Gasteiger partial charge in [0.15, 0.2) is 0 Å². The van der Waals surface area contributed by atoms with Crippen molar-refractivity contribution >= 4 is 6.08 Å². The van der Waals surface area contributed by atoms with Crippen LogP contribution in [0.3, 0.4) is 0 Å². The molecule has 0 bridgehead atoms. The number of rotatable bonds is 4. The summed E-state index contributed by atoms with van der Waals surface area (Å²) in [5.74, 6) is 0. The minimum absolute atomic E-state index is 0.0832. The van der Waals surface area contributed by atoms with Crippen LogP contribution in [0.1, 0.15) is 33.3 Å². The fourth-order valence-electron chi connectivity index (χ4n) is 1.10. The van der Waals surface area contributed by atoms with Crippen LogP contribution in [-0.4, -0.2) is 9.91 Å². The van der Waals surface area contributed by atoms with Gasteiger partial charge in [-0.15, -0.1) is 0 Å². The van der Waals surface area contributed by atoms with Gasteiger partial charge in [0.05, 0.1) is 4.92 Å². The molecule has 0 saturated carbocycles. The summed E-state index contributed by atoms with van der Waals surface area (Å²) in [5.41, 5.74) is 1.28. The van der Waals surface area contributed by atoms with Gasteiger partial charge in [-0.1, -0.05) is 44.7 Å². The van der Waals surface area contributed by atoms with Crippen LogP contribution in [0.2, 0.25) is 0 Å². The van der Waals surface area contributed by atoms with E-state index in [0.717, 1.165) is 0 Å². The maximum atomic E-state index is 10.1. The van der Waals surface area contributed by atoms with Gasteiger partial charge in [-0.2, -0.15) is 0 Å². The molecule has 0 N–H and O–H groups in total. The van der Waals surface area contributed by atoms with Crippen LogP contribution < -0.4 is 0 Å². The molecule has 114 valence electrons. The molecule has 4 heteroatoms. The molecule has 0 aliphatic heterocycles. The zero-order valence-corrected chi connectivity index (χ0v) is 13.2. The van der Waals surface area contributed by atoms with Gasteiger partial charge < -0.3 is 0 Å². The molecule has 1 aromatic rings. The summed E-state index contributed by atoms with van der Waals surface area (Å²) in [7, 11) is 0. The molecule has 4 nitrogen and oxygen atoms in total. The number of hydrogen-bond acceptors (Lipinski definition) is 3. The quantitative estimate of drug-likeness (QED) is 0.442. The summed E-state index contributed by atoms with van der Waals surface area (Å²) in [4.78, 5) is 13.5. The number of nitro groups is 1. The maximum absolute atomic E-state index is 10.1. The van der Waals surface area contributed by atoms with E-state index in [2.05, 4.69) is 11.6 Å². The van der Waals surface area contributed by atoms with Crippen molar-refractivity contribution < 1.29 is 4.92 Å². The number of aromatic nitrogens is 1. The maximum Gasteiger partial charge on any atom is 0.265 e. The third kappa shape index (κ3) is 12.3. The second-order valence-corrected chi connectivity index (χ2v) is 3.35. The van der Waals surface area contributed by atoms with Crippen LogP contribution in [0.5, 0.6) is 0 Å². The zero-order chi connectivity index (χ0) is 16.5. The van der Waals surface area contributed by atoms with Crippen LogP contribution in [0.4, 0.5) is 0 Å². The molecule has 1 aromatic heterocycles. The second-order valence-electron chi connectivity index (χ2n) is 3.35. The predicted molar refractivity (Wildman–Crippen MR) is 90.4 cm³/mol. The minimum atomic E-state index is -0.444. The third-order valence-electron chi connectivity index (χ3n) is 1.97. The molecule has 21 heavy (non-hydrogen) atoms. The van der Waals surface area contributed by atoms with Crippen molar-refractivity contribution in [1.82, 2.24) is 4.98 Å². The van der Waals surface area contributed by atoms with Crippen molar-refractivity contribution in [1.29, 1.82) is 0 Å². The molecular formula is C17H24N2O2. The lowest BCUT2D eigenvalue weighted by atomic mass is 10.2. The first-order valence-corrected chi connectivity index (χ1v) is 6.78. The molecule has 0 aliphatic rings. The predicted octanol–water partition coefficient (Wildman–Crippen LogP) is 5.05. The van der Waals surface area contributed by atoms with E-state index in [-0.39, 0.29) is 5.70 Å². The molecular weight excluding hydrogens is 264 g/mol. The number of pyridine rings is 1. The summed E-state index contributed by atoms with van der Waals surface area (Å²) in [6.07, 6.45) is 13.5. The van der Waals surface area contributed by atoms with Gasteiger partial charge in [-0.05, 0) is 37.6 Å². The zero-order valence-electron chi connectivity index (χ0n) is 13.2. The first-order chi connectivity index (χ1) is 10.2. The Bertz CT molecular complexity index is 475. The van der Waals surface area contributed by atoms with E-state index in [9.17, 15) is 10.1 Å². The monoisotopic (exact) mass is 288 g/mol. The molecule has 0 spiro atoms. The molecule has 1 rings (SSSR count). The Morgan fingerprint density at radius 1 is 1.29 bits per heavy atom. The van der Waals surface area contributed by atoms with Gasteiger partial charge in [-0.3, -0.25) is 15.1 Å². The van der Waals surface area contributed by atoms with E-state index in [4.69, 9.17) is 0 Å². The third-order valence-corrected chi connectivity index (χ3v) is 1.97. The summed E-state index contributed by atoms with van der Waals surface area (Å²) in [5, 5.41) is 10.1. The summed E-state index contributed by atoms with van der Waals surface area (Å²) >= 11 is 0. The fraction of sp³-hybridized carbons (Fsp3) is 0.235. The molecule has 1 heterocycles. The first-order valence-electron chi connectivity index (χ1n) is 6.78. The highest BCUT2D eigenvalue weighted by atomic mass is 16.6. The largest absolute Gasteiger partial charge is 0.265 e. The van der Waals surface area contributed by atoms with Crippen molar-refractivity contribution in [3.63, 3.8) is 0 Å². The van der Waals surface area contributed by atoms with Gasteiger partial charge in [0.1, 0.15) is 0 Å². The van der Waals surface area contributed by atoms with Crippen molar-refractivity contribution in [3.05, 3.63) is 82.9 Å². The normalized spacial score (nSPS) is 10.4. The van der Waals surface area contributed by atoms with Crippen molar-refractivity contribution in [2.45, 2.75) is 27.7 Å². The molecule has 0 saturated heterocycles. The Kier molecular flexibility index (Phi) is 15.4. The average molecular weight is 288 g/mol. The van der Waals surface area contributed by atoms with Gasteiger partial charge >= 0.3 is 0 Å². The number of hydrogen-bond donors (Lipinski definition) is 0. The Morgan fingerprint density at radius 2 is 1.86 bits per heavy atom. The second kappa shape index (κ2) is 15.6. The lowest BCUT2D eigenvalue weighted by Crippen LogP contribution is -1.93. The highest BCUT2D eigenvalue weighted by molar-refractivity contribution is 5.47. The van der Waals surface area contributed by atoms with Crippen LogP contribution in [0.15, 0.2) is 67.2 Å². The molecule has 0 atom stereocenters. The Morgan fingerprint density at radius 3 is 2.24 bits per heavy atom. The van der Waals surface area contributed by atoms with E-state index in [0.29, 0.717) is 0 Å². The lowest BCUT2D eigenvalue weighted by molar-refractivity contribution is -0.419. The number of allylic oxidation sites excluding steroid dienone is 5. The van der Waals surface area contributed by atoms with Crippen molar-refractivity contribution in [2.75, 3.05) is 0 Å². The van der Waals surface area contributed by atoms with Crippen LogP contribution >= 0.6 is 0 Å². The Balaban J connectivity index is 0. The first kappa shape index (κ1) is 20.8. The Hall–Kier alpha value is -2.49. The summed E-state index contributed by atoms with van der Waals surface area (Å²) in [6, 6.07) is 3.94. The molecule has 0 unspecified atom stereocenters. The van der Waals surface area contributed by atoms with Crippen LogP contribution in [0.25, 0.3) is 6.08 Å². The van der Waals surface area contributed by atoms with E-state index in [1.165, 1.54) is 29.9 Å². The highest BCUT2D eigenvalue weighted by Crippen LogP contribution is 1.97. The summed E-state index contributed by atoms with van der Waals surface area (Å²) < 4.78 is 0. The average Bonchev–Trinajstić information content (AvgIpc) is 2.52. The van der Waals surface area contributed by atoms with Crippen LogP contribution in [0, 0.1) is 10.1 Å². The topological polar surface area (TPSA) is 56.0 Å². The van der Waals surface area contributed by atoms with E-state index in [1.54, 1.807) is 19.3 Å². The van der Waals surface area contributed by atoms with Gasteiger partial charge in [0.2, 0.25) is 0 Å². The molecule has 0 fully saturated rings. The van der Waals surface area contributed by atoms with Gasteiger partial charge in [0, 0.05) is 18.5 Å². The lowest BCUT2D eigenvalue weighted by Gasteiger charge is -1.86. The minimum Gasteiger partial charge on any atom is -0.265 e. The van der Waals surface area contributed by atoms with Crippen molar-refractivity contribution in [2.24, 2.45) is 0 Å². The molecule has 0 aliphatic carbocycles. The SMILES string of the molecule is C/C=C/c1ccncc1.C=C/C=C\C(=C/C)[N+](=O)[O-].CC. The molecule has 0 radical (unpaired) electrons. The van der Waals surface area contributed by atoms with Crippen LogP contribution in [-0.2, 0) is 0 Å². The number of nitrogens with zero attached hydrogens (tertiary/aromatic N) is 2. The van der Waals surface area contributed by atoms with Crippen molar-refractivity contribution in [3.8, 4) is 0 Å². The van der Waals surface area contributed by atoms with Gasteiger partial charge in [-0.25, -0.2) is 0 Å². The standard InChI is InChI=1S/C8H9N.C7H9NO2.C2H6/c1-2-3-8-4-6-9-7-5-8;1-3-5-6-7(4-2)8(9)10;1-2/h2-7H,1H3;3-6H,1H2,2H3;1-2H3/b3-2+;6-5-,7-4+;. The van der Waals surface area contributed by atoms with E-state index < -0.39 is 4.92 Å². The van der Waals surface area contributed by atoms with Gasteiger partial charge in [0.25, 0.3) is 5.70 Å². The highest BCUT2D eigenvalue weighted by Gasteiger charge is 2.00. The molecule has 0 amide bonds. The van der Waals surface area contributed by atoms with E-state index in [1.807, 2.05) is 45.1 Å².